The summed E-state index contributed by atoms with van der Waals surface area (Å²) in [7, 11) is 0. The van der Waals surface area contributed by atoms with Gasteiger partial charge in [-0.25, -0.2) is 13.2 Å². The highest BCUT2D eigenvalue weighted by Gasteiger charge is 2.10. The molecule has 0 aliphatic rings. The Morgan fingerprint density at radius 1 is 0.818 bits per heavy atom. The Labute approximate surface area is 125 Å². The Kier molecular flexibility index (Phi) is 4.06. The molecule has 3 aromatic rings. The Hall–Kier alpha value is -2.40. The minimum Gasteiger partial charge on any atom is -0.372 e. The first-order valence-electron chi connectivity index (χ1n) is 6.69. The van der Waals surface area contributed by atoms with Gasteiger partial charge in [0.2, 0.25) is 0 Å². The summed E-state index contributed by atoms with van der Waals surface area (Å²) >= 11 is 0. The lowest BCUT2D eigenvalue weighted by Crippen LogP contribution is -2.01. The molecule has 0 unspecified atom stereocenters. The van der Waals surface area contributed by atoms with Gasteiger partial charge in [-0.3, -0.25) is 4.98 Å². The summed E-state index contributed by atoms with van der Waals surface area (Å²) < 4.78 is 46.0. The van der Waals surface area contributed by atoms with E-state index in [4.69, 9.17) is 4.74 Å². The molecule has 1 heterocycles. The highest BCUT2D eigenvalue weighted by atomic mass is 19.1. The molecule has 0 aliphatic carbocycles. The van der Waals surface area contributed by atoms with Gasteiger partial charge < -0.3 is 4.74 Å². The minimum absolute atomic E-state index is 0.107. The standard InChI is InChI=1S/C17H12F3NO/c18-14-4-2-5-15(19)13(14)10-22-9-11-7-8-21-17-12(11)3-1-6-16(17)20/h1-8H,9-10H2. The molecule has 0 bridgehead atoms. The van der Waals surface area contributed by atoms with Crippen LogP contribution in [0.4, 0.5) is 13.2 Å². The maximum absolute atomic E-state index is 13.7. The van der Waals surface area contributed by atoms with E-state index in [1.165, 1.54) is 30.5 Å². The predicted molar refractivity (Wildman–Crippen MR) is 76.6 cm³/mol. The molecule has 0 saturated carbocycles. The first-order valence-corrected chi connectivity index (χ1v) is 6.69. The first-order chi connectivity index (χ1) is 10.7. The number of para-hydroxylation sites is 1. The summed E-state index contributed by atoms with van der Waals surface area (Å²) in [6, 6.07) is 9.99. The third-order valence-corrected chi connectivity index (χ3v) is 3.38. The van der Waals surface area contributed by atoms with Crippen LogP contribution in [0.3, 0.4) is 0 Å². The number of ether oxygens (including phenoxy) is 1. The van der Waals surface area contributed by atoms with E-state index in [-0.39, 0.29) is 24.3 Å². The number of aromatic nitrogens is 1. The Balaban J connectivity index is 1.79. The van der Waals surface area contributed by atoms with E-state index in [2.05, 4.69) is 4.98 Å². The zero-order chi connectivity index (χ0) is 15.5. The molecule has 3 rings (SSSR count). The molecule has 5 heteroatoms. The van der Waals surface area contributed by atoms with E-state index in [1.807, 2.05) is 0 Å². The fraction of sp³-hybridized carbons (Fsp3) is 0.118. The van der Waals surface area contributed by atoms with Crippen LogP contribution in [-0.4, -0.2) is 4.98 Å². The van der Waals surface area contributed by atoms with Gasteiger partial charge >= 0.3 is 0 Å². The van der Waals surface area contributed by atoms with Crippen LogP contribution in [0.2, 0.25) is 0 Å². The number of hydrogen-bond acceptors (Lipinski definition) is 2. The van der Waals surface area contributed by atoms with Gasteiger partial charge in [-0.2, -0.15) is 0 Å². The van der Waals surface area contributed by atoms with Crippen LogP contribution in [-0.2, 0) is 18.0 Å². The van der Waals surface area contributed by atoms with Gasteiger partial charge in [0.05, 0.1) is 13.2 Å². The number of halogens is 3. The lowest BCUT2D eigenvalue weighted by Gasteiger charge is -2.09. The molecule has 2 aromatic carbocycles. The molecule has 0 spiro atoms. The molecule has 0 saturated heterocycles. The molecule has 2 nitrogen and oxygen atoms in total. The van der Waals surface area contributed by atoms with Crippen LogP contribution in [0.1, 0.15) is 11.1 Å². The number of pyridine rings is 1. The van der Waals surface area contributed by atoms with Crippen molar-refractivity contribution in [3.8, 4) is 0 Å². The molecule has 22 heavy (non-hydrogen) atoms. The molecular weight excluding hydrogens is 291 g/mol. The topological polar surface area (TPSA) is 22.1 Å². The summed E-state index contributed by atoms with van der Waals surface area (Å²) in [5.74, 6) is -1.71. The number of hydrogen-bond donors (Lipinski definition) is 0. The Bertz CT molecular complexity index is 800. The van der Waals surface area contributed by atoms with E-state index in [1.54, 1.807) is 18.2 Å². The van der Waals surface area contributed by atoms with Crippen LogP contribution < -0.4 is 0 Å². The number of fused-ring (bicyclic) bond motifs is 1. The molecule has 0 amide bonds. The molecule has 0 N–H and O–H groups in total. The van der Waals surface area contributed by atoms with Crippen molar-refractivity contribution in [2.24, 2.45) is 0 Å². The van der Waals surface area contributed by atoms with Crippen molar-refractivity contribution in [3.63, 3.8) is 0 Å². The van der Waals surface area contributed by atoms with E-state index < -0.39 is 17.5 Å². The van der Waals surface area contributed by atoms with Crippen molar-refractivity contribution in [2.75, 3.05) is 0 Å². The maximum Gasteiger partial charge on any atom is 0.149 e. The van der Waals surface area contributed by atoms with Crippen LogP contribution in [0.5, 0.6) is 0 Å². The third kappa shape index (κ3) is 2.80. The summed E-state index contributed by atoms with van der Waals surface area (Å²) in [5.41, 5.74) is 0.842. The van der Waals surface area contributed by atoms with Crippen molar-refractivity contribution in [2.45, 2.75) is 13.2 Å². The largest absolute Gasteiger partial charge is 0.372 e. The van der Waals surface area contributed by atoms with Gasteiger partial charge in [0.1, 0.15) is 23.0 Å². The summed E-state index contributed by atoms with van der Waals surface area (Å²) in [6.07, 6.45) is 1.48. The van der Waals surface area contributed by atoms with E-state index in [9.17, 15) is 13.2 Å². The summed E-state index contributed by atoms with van der Waals surface area (Å²) in [5, 5.41) is 0.622. The summed E-state index contributed by atoms with van der Waals surface area (Å²) in [4.78, 5) is 3.99. The fourth-order valence-corrected chi connectivity index (χ4v) is 2.26. The second-order valence-corrected chi connectivity index (χ2v) is 4.80. The first kappa shape index (κ1) is 14.5. The monoisotopic (exact) mass is 303 g/mol. The van der Waals surface area contributed by atoms with E-state index in [0.717, 1.165) is 0 Å². The average molecular weight is 303 g/mol. The molecule has 0 aliphatic heterocycles. The van der Waals surface area contributed by atoms with Crippen LogP contribution >= 0.6 is 0 Å². The zero-order valence-electron chi connectivity index (χ0n) is 11.5. The highest BCUT2D eigenvalue weighted by Crippen LogP contribution is 2.21. The van der Waals surface area contributed by atoms with Gasteiger partial charge in [-0.15, -0.1) is 0 Å². The van der Waals surface area contributed by atoms with Crippen molar-refractivity contribution >= 4 is 10.9 Å². The lowest BCUT2D eigenvalue weighted by atomic mass is 10.1. The highest BCUT2D eigenvalue weighted by molar-refractivity contribution is 5.82. The van der Waals surface area contributed by atoms with Gasteiger partial charge in [-0.1, -0.05) is 18.2 Å². The quantitative estimate of drug-likeness (QED) is 0.714. The normalized spacial score (nSPS) is 11.0. The Morgan fingerprint density at radius 3 is 2.27 bits per heavy atom. The average Bonchev–Trinajstić information content (AvgIpc) is 2.51. The van der Waals surface area contributed by atoms with Crippen LogP contribution in [0.15, 0.2) is 48.7 Å². The van der Waals surface area contributed by atoms with Crippen molar-refractivity contribution in [1.82, 2.24) is 4.98 Å². The molecule has 0 atom stereocenters. The Morgan fingerprint density at radius 2 is 1.50 bits per heavy atom. The van der Waals surface area contributed by atoms with Gasteiger partial charge in [0.15, 0.2) is 0 Å². The molecule has 1 aromatic heterocycles. The third-order valence-electron chi connectivity index (χ3n) is 3.38. The van der Waals surface area contributed by atoms with Crippen molar-refractivity contribution in [1.29, 1.82) is 0 Å². The summed E-state index contributed by atoms with van der Waals surface area (Å²) in [6.45, 7) is -0.0894. The second-order valence-electron chi connectivity index (χ2n) is 4.80. The number of nitrogens with zero attached hydrogens (tertiary/aromatic N) is 1. The van der Waals surface area contributed by atoms with Gasteiger partial charge in [-0.05, 0) is 29.8 Å². The smallest absolute Gasteiger partial charge is 0.149 e. The predicted octanol–water partition coefficient (Wildman–Crippen LogP) is 4.37. The molecular formula is C17H12F3NO. The molecule has 0 fully saturated rings. The zero-order valence-corrected chi connectivity index (χ0v) is 11.5. The van der Waals surface area contributed by atoms with Gasteiger partial charge in [0, 0.05) is 17.1 Å². The van der Waals surface area contributed by atoms with Crippen LogP contribution in [0.25, 0.3) is 10.9 Å². The molecule has 0 radical (unpaired) electrons. The van der Waals surface area contributed by atoms with Crippen molar-refractivity contribution < 1.29 is 17.9 Å². The van der Waals surface area contributed by atoms with E-state index in [0.29, 0.717) is 10.9 Å². The molecule has 112 valence electrons. The van der Waals surface area contributed by atoms with Gasteiger partial charge in [0.25, 0.3) is 0 Å². The minimum atomic E-state index is -0.648. The van der Waals surface area contributed by atoms with Crippen molar-refractivity contribution in [3.05, 3.63) is 77.2 Å². The SMILES string of the molecule is Fc1cccc(F)c1COCc1ccnc2c(F)cccc12. The number of rotatable bonds is 4. The van der Waals surface area contributed by atoms with E-state index >= 15 is 0 Å². The number of benzene rings is 2. The maximum atomic E-state index is 13.7. The van der Waals surface area contributed by atoms with Crippen LogP contribution in [0, 0.1) is 17.5 Å². The lowest BCUT2D eigenvalue weighted by molar-refractivity contribution is 0.103. The second kappa shape index (κ2) is 6.15. The fourth-order valence-electron chi connectivity index (χ4n) is 2.26.